The smallest absolute Gasteiger partial charge is 0.326 e. The van der Waals surface area contributed by atoms with Gasteiger partial charge < -0.3 is 20.5 Å². The molecule has 10 heteroatoms. The summed E-state index contributed by atoms with van der Waals surface area (Å²) < 4.78 is 5.09. The first kappa shape index (κ1) is 18.2. The number of methoxy groups -OCH3 is 1. The van der Waals surface area contributed by atoms with Crippen LogP contribution in [0.2, 0.25) is 0 Å². The molecule has 1 aliphatic heterocycles. The summed E-state index contributed by atoms with van der Waals surface area (Å²) in [5.74, 6) is -1.90. The Morgan fingerprint density at radius 3 is 2.76 bits per heavy atom. The molecule has 25 heavy (non-hydrogen) atoms. The lowest BCUT2D eigenvalue weighted by Crippen LogP contribution is -2.49. The van der Waals surface area contributed by atoms with Crippen LogP contribution in [0.1, 0.15) is 18.4 Å². The quantitative estimate of drug-likeness (QED) is 0.462. The fourth-order valence-electron chi connectivity index (χ4n) is 2.54. The van der Waals surface area contributed by atoms with Crippen LogP contribution in [0.25, 0.3) is 0 Å². The molecule has 0 bridgehead atoms. The number of hydrogen-bond donors (Lipinski definition) is 3. The number of nitrogens with zero attached hydrogens (tertiary/aromatic N) is 1. The molecule has 1 fully saturated rings. The van der Waals surface area contributed by atoms with Gasteiger partial charge in [0.15, 0.2) is 0 Å². The zero-order chi connectivity index (χ0) is 18.6. The number of carbonyl (C=O) groups excluding carboxylic acids is 2. The second-order valence-corrected chi connectivity index (χ2v) is 5.52. The lowest BCUT2D eigenvalue weighted by molar-refractivity contribution is -0.384. The molecular formula is C15H17N3O7. The fraction of sp³-hybridized carbons (Fsp3) is 0.400. The number of aliphatic carboxylic acids is 1. The molecule has 0 aromatic heterocycles. The van der Waals surface area contributed by atoms with Gasteiger partial charge in [-0.15, -0.1) is 0 Å². The lowest BCUT2D eigenvalue weighted by Gasteiger charge is -2.18. The lowest BCUT2D eigenvalue weighted by atomic mass is 10.0. The van der Waals surface area contributed by atoms with Gasteiger partial charge in [0, 0.05) is 30.5 Å². The molecule has 0 saturated carbocycles. The highest BCUT2D eigenvalue weighted by Crippen LogP contribution is 2.25. The maximum absolute atomic E-state index is 12.1. The second kappa shape index (κ2) is 7.60. The van der Waals surface area contributed by atoms with Crippen molar-refractivity contribution in [2.75, 3.05) is 7.11 Å². The van der Waals surface area contributed by atoms with Crippen molar-refractivity contribution >= 4 is 23.5 Å². The molecule has 1 aromatic carbocycles. The molecule has 1 saturated heterocycles. The standard InChI is InChI=1S/C15H17N3O7/c1-25-12-4-2-9(18(23)24)6-8(12)7-11(15(21)22)17-14(20)10-3-5-13(19)16-10/h2,4,6,10-11H,3,5,7H2,1H3,(H,16,19)(H,17,20)(H,21,22)/t10-,11-/m1/s1. The van der Waals surface area contributed by atoms with Crippen LogP contribution in [0.15, 0.2) is 18.2 Å². The minimum absolute atomic E-state index is 0.202. The molecule has 1 heterocycles. The van der Waals surface area contributed by atoms with Gasteiger partial charge in [-0.2, -0.15) is 0 Å². The third-order valence-electron chi connectivity index (χ3n) is 3.83. The van der Waals surface area contributed by atoms with Crippen molar-refractivity contribution in [1.82, 2.24) is 10.6 Å². The number of carboxylic acids is 1. The third kappa shape index (κ3) is 4.43. The molecule has 0 unspecified atom stereocenters. The molecule has 2 amide bonds. The topological polar surface area (TPSA) is 148 Å². The number of carbonyl (C=O) groups is 3. The van der Waals surface area contributed by atoms with Crippen molar-refractivity contribution in [3.8, 4) is 5.75 Å². The maximum Gasteiger partial charge on any atom is 0.326 e. The number of ether oxygens (including phenoxy) is 1. The van der Waals surface area contributed by atoms with E-state index in [1.54, 1.807) is 0 Å². The summed E-state index contributed by atoms with van der Waals surface area (Å²) in [6.07, 6.45) is 0.290. The van der Waals surface area contributed by atoms with E-state index in [-0.39, 0.29) is 42.2 Å². The monoisotopic (exact) mass is 351 g/mol. The van der Waals surface area contributed by atoms with Crippen LogP contribution in [0.3, 0.4) is 0 Å². The van der Waals surface area contributed by atoms with E-state index in [9.17, 15) is 29.6 Å². The molecule has 1 aromatic rings. The van der Waals surface area contributed by atoms with E-state index in [2.05, 4.69) is 10.6 Å². The highest BCUT2D eigenvalue weighted by atomic mass is 16.6. The number of rotatable bonds is 7. The molecule has 2 atom stereocenters. The van der Waals surface area contributed by atoms with Crippen LogP contribution in [0.5, 0.6) is 5.75 Å². The molecule has 10 nitrogen and oxygen atoms in total. The SMILES string of the molecule is COc1ccc([N+](=O)[O-])cc1C[C@@H](NC(=O)[C@H]1CCC(=O)N1)C(=O)O. The van der Waals surface area contributed by atoms with E-state index >= 15 is 0 Å². The molecule has 0 aliphatic carbocycles. The average molecular weight is 351 g/mol. The Morgan fingerprint density at radius 2 is 2.24 bits per heavy atom. The van der Waals surface area contributed by atoms with E-state index in [0.717, 1.165) is 0 Å². The number of nitro benzene ring substituents is 1. The number of hydrogen-bond acceptors (Lipinski definition) is 6. The van der Waals surface area contributed by atoms with E-state index in [0.29, 0.717) is 0 Å². The minimum atomic E-state index is -1.32. The third-order valence-corrected chi connectivity index (χ3v) is 3.83. The van der Waals surface area contributed by atoms with Gasteiger partial charge in [-0.05, 0) is 12.5 Å². The number of non-ortho nitro benzene ring substituents is 1. The number of benzene rings is 1. The van der Waals surface area contributed by atoms with Crippen molar-refractivity contribution in [2.45, 2.75) is 31.3 Å². The van der Waals surface area contributed by atoms with Crippen molar-refractivity contribution in [2.24, 2.45) is 0 Å². The van der Waals surface area contributed by atoms with E-state index in [1.165, 1.54) is 25.3 Å². The van der Waals surface area contributed by atoms with Crippen molar-refractivity contribution < 1.29 is 29.2 Å². The highest BCUT2D eigenvalue weighted by molar-refractivity contribution is 5.92. The van der Waals surface area contributed by atoms with Crippen LogP contribution in [0.4, 0.5) is 5.69 Å². The van der Waals surface area contributed by atoms with Crippen LogP contribution in [0, 0.1) is 10.1 Å². The Labute approximate surface area is 142 Å². The first-order chi connectivity index (χ1) is 11.8. The van der Waals surface area contributed by atoms with Crippen molar-refractivity contribution in [3.63, 3.8) is 0 Å². The van der Waals surface area contributed by atoms with Crippen LogP contribution < -0.4 is 15.4 Å². The van der Waals surface area contributed by atoms with Crippen LogP contribution in [-0.2, 0) is 20.8 Å². The summed E-state index contributed by atoms with van der Waals surface area (Å²) >= 11 is 0. The van der Waals surface area contributed by atoms with Crippen molar-refractivity contribution in [3.05, 3.63) is 33.9 Å². The predicted molar refractivity (Wildman–Crippen MR) is 84.1 cm³/mol. The van der Waals surface area contributed by atoms with Gasteiger partial charge in [0.1, 0.15) is 17.8 Å². The zero-order valence-electron chi connectivity index (χ0n) is 13.4. The summed E-state index contributed by atoms with van der Waals surface area (Å²) in [4.78, 5) is 45.0. The Bertz CT molecular complexity index is 719. The number of amides is 2. The van der Waals surface area contributed by atoms with Gasteiger partial charge in [0.25, 0.3) is 5.69 Å². The summed E-state index contributed by atoms with van der Waals surface area (Å²) in [6.45, 7) is 0. The Kier molecular flexibility index (Phi) is 5.52. The number of nitrogens with one attached hydrogen (secondary N) is 2. The van der Waals surface area contributed by atoms with Crippen LogP contribution in [-0.4, -0.2) is 47.0 Å². The average Bonchev–Trinajstić information content (AvgIpc) is 3.00. The maximum atomic E-state index is 12.1. The van der Waals surface area contributed by atoms with E-state index in [1.807, 2.05) is 0 Å². The van der Waals surface area contributed by atoms with Gasteiger partial charge in [-0.3, -0.25) is 19.7 Å². The molecule has 3 N–H and O–H groups in total. The fourth-order valence-corrected chi connectivity index (χ4v) is 2.54. The molecule has 134 valence electrons. The molecule has 0 spiro atoms. The second-order valence-electron chi connectivity index (χ2n) is 5.52. The molecule has 0 radical (unpaired) electrons. The first-order valence-electron chi connectivity index (χ1n) is 7.45. The van der Waals surface area contributed by atoms with Gasteiger partial charge >= 0.3 is 5.97 Å². The Morgan fingerprint density at radius 1 is 1.52 bits per heavy atom. The minimum Gasteiger partial charge on any atom is -0.496 e. The largest absolute Gasteiger partial charge is 0.496 e. The van der Waals surface area contributed by atoms with Gasteiger partial charge in [-0.1, -0.05) is 0 Å². The zero-order valence-corrected chi connectivity index (χ0v) is 13.4. The Balaban J connectivity index is 2.17. The summed E-state index contributed by atoms with van der Waals surface area (Å²) in [5.41, 5.74) is 0.0641. The summed E-state index contributed by atoms with van der Waals surface area (Å²) in [7, 11) is 1.35. The highest BCUT2D eigenvalue weighted by Gasteiger charge is 2.31. The Hall–Kier alpha value is -3.17. The van der Waals surface area contributed by atoms with Crippen molar-refractivity contribution in [1.29, 1.82) is 0 Å². The van der Waals surface area contributed by atoms with Gasteiger partial charge in [0.2, 0.25) is 11.8 Å². The number of nitro groups is 1. The predicted octanol–water partition coefficient (Wildman–Crippen LogP) is -0.00610. The molecular weight excluding hydrogens is 334 g/mol. The summed E-state index contributed by atoms with van der Waals surface area (Å²) in [6, 6.07) is 1.72. The van der Waals surface area contributed by atoms with Gasteiger partial charge in [-0.25, -0.2) is 4.79 Å². The van der Waals surface area contributed by atoms with E-state index in [4.69, 9.17) is 4.74 Å². The molecule has 2 rings (SSSR count). The normalized spacial score (nSPS) is 17.5. The van der Waals surface area contributed by atoms with Gasteiger partial charge in [0.05, 0.1) is 12.0 Å². The van der Waals surface area contributed by atoms with Crippen LogP contribution >= 0.6 is 0 Å². The van der Waals surface area contributed by atoms with E-state index < -0.39 is 28.9 Å². The first-order valence-corrected chi connectivity index (χ1v) is 7.45. The molecule has 1 aliphatic rings. The number of carboxylic acid groups (broad SMARTS) is 1. The summed E-state index contributed by atoms with van der Waals surface area (Å²) in [5, 5.41) is 25.0.